The van der Waals surface area contributed by atoms with Crippen molar-refractivity contribution in [3.05, 3.63) is 33.7 Å². The number of hydrogen-bond acceptors (Lipinski definition) is 6. The molecule has 1 saturated carbocycles. The summed E-state index contributed by atoms with van der Waals surface area (Å²) in [5.41, 5.74) is 8.24. The van der Waals surface area contributed by atoms with E-state index < -0.39 is 11.4 Å². The van der Waals surface area contributed by atoms with Crippen molar-refractivity contribution in [1.82, 2.24) is 9.55 Å². The van der Waals surface area contributed by atoms with Crippen LogP contribution in [-0.2, 0) is 11.3 Å². The predicted octanol–water partition coefficient (Wildman–Crippen LogP) is 0.866. The van der Waals surface area contributed by atoms with E-state index in [-0.39, 0.29) is 29.2 Å². The van der Waals surface area contributed by atoms with Crippen molar-refractivity contribution in [3.63, 3.8) is 0 Å². The van der Waals surface area contributed by atoms with Crippen molar-refractivity contribution in [1.29, 1.82) is 0 Å². The van der Waals surface area contributed by atoms with Gasteiger partial charge in [0.05, 0.1) is 36.7 Å². The Bertz CT molecular complexity index is 981. The van der Waals surface area contributed by atoms with E-state index in [1.54, 1.807) is 6.20 Å². The van der Waals surface area contributed by atoms with Crippen LogP contribution in [0.1, 0.15) is 41.2 Å². The molecular weight excluding hydrogens is 336 g/mol. The molecule has 0 aromatic carbocycles. The lowest BCUT2D eigenvalue weighted by atomic mass is 10.1. The van der Waals surface area contributed by atoms with Crippen LogP contribution in [0, 0.1) is 0 Å². The monoisotopic (exact) mass is 356 g/mol. The van der Waals surface area contributed by atoms with Gasteiger partial charge >= 0.3 is 5.97 Å². The van der Waals surface area contributed by atoms with Gasteiger partial charge in [-0.3, -0.25) is 4.79 Å². The fourth-order valence-corrected chi connectivity index (χ4v) is 4.22. The molecule has 4 heterocycles. The third-order valence-corrected chi connectivity index (χ3v) is 5.73. The molecule has 8 nitrogen and oxygen atoms in total. The van der Waals surface area contributed by atoms with Crippen molar-refractivity contribution in [3.8, 4) is 0 Å². The van der Waals surface area contributed by atoms with Gasteiger partial charge in [-0.15, -0.1) is 0 Å². The average Bonchev–Trinajstić information content (AvgIpc) is 3.41. The molecule has 26 heavy (non-hydrogen) atoms. The van der Waals surface area contributed by atoms with Crippen molar-refractivity contribution in [2.75, 3.05) is 18.1 Å². The second-order valence-corrected chi connectivity index (χ2v) is 7.36. The largest absolute Gasteiger partial charge is 0.477 e. The topological polar surface area (TPSA) is 111 Å². The second-order valence-electron chi connectivity index (χ2n) is 7.36. The molecule has 1 aliphatic carbocycles. The summed E-state index contributed by atoms with van der Waals surface area (Å²) in [6.45, 7) is 1.74. The van der Waals surface area contributed by atoms with Gasteiger partial charge in [0, 0.05) is 30.4 Å². The van der Waals surface area contributed by atoms with Crippen molar-refractivity contribution in [2.45, 2.75) is 44.0 Å². The molecule has 136 valence electrons. The molecule has 2 fully saturated rings. The number of aromatic carboxylic acids is 1. The number of carbonyl (C=O) groups is 1. The molecule has 5 rings (SSSR count). The Labute approximate surface area is 149 Å². The first-order valence-electron chi connectivity index (χ1n) is 8.96. The Hall–Kier alpha value is -2.45. The molecule has 0 amide bonds. The number of pyridine rings is 2. The van der Waals surface area contributed by atoms with Crippen LogP contribution in [0.15, 0.2) is 17.2 Å². The van der Waals surface area contributed by atoms with Gasteiger partial charge in [0.2, 0.25) is 5.43 Å². The van der Waals surface area contributed by atoms with E-state index in [0.29, 0.717) is 18.7 Å². The number of nitrogens with zero attached hydrogens (tertiary/aromatic N) is 3. The van der Waals surface area contributed by atoms with Crippen molar-refractivity contribution in [2.24, 2.45) is 5.73 Å². The van der Waals surface area contributed by atoms with E-state index in [9.17, 15) is 14.7 Å². The number of hydrogen-bond donors (Lipinski definition) is 2. The van der Waals surface area contributed by atoms with Gasteiger partial charge < -0.3 is 25.0 Å². The molecule has 0 radical (unpaired) electrons. The summed E-state index contributed by atoms with van der Waals surface area (Å²) in [5.74, 6) is -1.22. The first kappa shape index (κ1) is 15.8. The molecule has 2 aliphatic heterocycles. The number of rotatable bonds is 2. The molecule has 2 aromatic heterocycles. The zero-order valence-electron chi connectivity index (χ0n) is 14.2. The van der Waals surface area contributed by atoms with Crippen LogP contribution in [0.4, 0.5) is 5.69 Å². The maximum atomic E-state index is 12.7. The summed E-state index contributed by atoms with van der Waals surface area (Å²) in [6, 6.07) is 0.371. The Morgan fingerprint density at radius 2 is 2.15 bits per heavy atom. The highest BCUT2D eigenvalue weighted by atomic mass is 16.5. The first-order chi connectivity index (χ1) is 12.6. The molecule has 8 heteroatoms. The molecule has 0 bridgehead atoms. The van der Waals surface area contributed by atoms with Gasteiger partial charge in [-0.05, 0) is 19.3 Å². The maximum Gasteiger partial charge on any atom is 0.341 e. The maximum absolute atomic E-state index is 12.7. The highest BCUT2D eigenvalue weighted by Crippen LogP contribution is 2.40. The quantitative estimate of drug-likeness (QED) is 0.821. The number of carboxylic acids is 1. The summed E-state index contributed by atoms with van der Waals surface area (Å²) in [4.78, 5) is 30.8. The molecule has 3 aliphatic rings. The number of carboxylic acid groups (broad SMARTS) is 1. The smallest absolute Gasteiger partial charge is 0.341 e. The normalized spacial score (nSPS) is 25.0. The molecule has 2 aromatic rings. The van der Waals surface area contributed by atoms with Crippen molar-refractivity contribution < 1.29 is 14.6 Å². The zero-order valence-corrected chi connectivity index (χ0v) is 14.2. The third-order valence-electron chi connectivity index (χ3n) is 5.73. The van der Waals surface area contributed by atoms with Crippen LogP contribution in [0.5, 0.6) is 0 Å². The molecule has 0 spiro atoms. The second kappa shape index (κ2) is 5.52. The Morgan fingerprint density at radius 1 is 1.35 bits per heavy atom. The fourth-order valence-electron chi connectivity index (χ4n) is 4.22. The Morgan fingerprint density at radius 3 is 2.88 bits per heavy atom. The lowest BCUT2D eigenvalue weighted by molar-refractivity contribution is 0.0695. The van der Waals surface area contributed by atoms with E-state index in [4.69, 9.17) is 10.5 Å². The van der Waals surface area contributed by atoms with E-state index in [2.05, 4.69) is 9.88 Å². The predicted molar refractivity (Wildman–Crippen MR) is 94.6 cm³/mol. The van der Waals surface area contributed by atoms with Gasteiger partial charge in [0.1, 0.15) is 11.1 Å². The SMILES string of the molecule is N[C@@H]1CCN2c3cnc4c(=O)c(C(=O)O)cn(C5CC5)c4c3COCC12. The summed E-state index contributed by atoms with van der Waals surface area (Å²) in [7, 11) is 0. The summed E-state index contributed by atoms with van der Waals surface area (Å²) < 4.78 is 7.83. The van der Waals surface area contributed by atoms with Crippen LogP contribution in [-0.4, -0.2) is 45.9 Å². The third kappa shape index (κ3) is 2.18. The molecular formula is C18H20N4O4. The van der Waals surface area contributed by atoms with E-state index in [0.717, 1.165) is 37.1 Å². The number of fused-ring (bicyclic) bond motifs is 5. The average molecular weight is 356 g/mol. The molecule has 1 unspecified atom stereocenters. The van der Waals surface area contributed by atoms with Gasteiger partial charge in [0.25, 0.3) is 0 Å². The molecule has 2 atom stereocenters. The fraction of sp³-hybridized carbons (Fsp3) is 0.500. The lowest BCUT2D eigenvalue weighted by Gasteiger charge is -2.27. The number of nitrogens with two attached hydrogens (primary N) is 1. The summed E-state index contributed by atoms with van der Waals surface area (Å²) >= 11 is 0. The van der Waals surface area contributed by atoms with E-state index >= 15 is 0 Å². The highest BCUT2D eigenvalue weighted by Gasteiger charge is 2.37. The first-order valence-corrected chi connectivity index (χ1v) is 8.96. The van der Waals surface area contributed by atoms with Crippen molar-refractivity contribution >= 4 is 22.7 Å². The summed E-state index contributed by atoms with van der Waals surface area (Å²) in [6.07, 6.45) is 5.99. The number of ether oxygens (including phenoxy) is 1. The van der Waals surface area contributed by atoms with Gasteiger partial charge in [-0.1, -0.05) is 0 Å². The minimum atomic E-state index is -1.22. The lowest BCUT2D eigenvalue weighted by Crippen LogP contribution is -2.42. The standard InChI is InChI=1S/C18H20N4O4/c19-12-3-4-21-13-5-20-15-16(11(13)7-26-8-14(12)21)22(9-1-2-9)6-10(17(15)23)18(24)25/h5-6,9,12,14H,1-4,7-8,19H2,(H,24,25)/t12-,14?/m1/s1. The minimum Gasteiger partial charge on any atom is -0.477 e. The van der Waals surface area contributed by atoms with Gasteiger partial charge in [-0.2, -0.15) is 0 Å². The minimum absolute atomic E-state index is 0.0525. The van der Waals surface area contributed by atoms with E-state index in [1.807, 2.05) is 4.57 Å². The van der Waals surface area contributed by atoms with Crippen LogP contribution < -0.4 is 16.1 Å². The van der Waals surface area contributed by atoms with Crippen LogP contribution in [0.25, 0.3) is 11.0 Å². The highest BCUT2D eigenvalue weighted by molar-refractivity contribution is 5.93. The van der Waals surface area contributed by atoms with Gasteiger partial charge in [-0.25, -0.2) is 9.78 Å². The van der Waals surface area contributed by atoms with Crippen LogP contribution in [0.3, 0.4) is 0 Å². The number of anilines is 1. The van der Waals surface area contributed by atoms with Gasteiger partial charge in [0.15, 0.2) is 0 Å². The Kier molecular flexibility index (Phi) is 3.35. The number of aromatic nitrogens is 2. The van der Waals surface area contributed by atoms with Crippen LogP contribution in [0.2, 0.25) is 0 Å². The van der Waals surface area contributed by atoms with Crippen LogP contribution >= 0.6 is 0 Å². The molecule has 3 N–H and O–H groups in total. The molecule has 1 saturated heterocycles. The Balaban J connectivity index is 1.81. The zero-order chi connectivity index (χ0) is 18.0. The van der Waals surface area contributed by atoms with E-state index in [1.165, 1.54) is 6.20 Å². The summed E-state index contributed by atoms with van der Waals surface area (Å²) in [5, 5.41) is 9.40.